The highest BCUT2D eigenvalue weighted by Gasteiger charge is 2.32. The Morgan fingerprint density at radius 1 is 1.23 bits per heavy atom. The molecule has 1 aliphatic heterocycles. The van der Waals surface area contributed by atoms with E-state index in [0.29, 0.717) is 23.8 Å². The fourth-order valence-electron chi connectivity index (χ4n) is 4.38. The number of likely N-dealkylation sites (tertiary alicyclic amines) is 1. The number of benzene rings is 1. The molecule has 0 spiro atoms. The van der Waals surface area contributed by atoms with Gasteiger partial charge in [-0.2, -0.15) is 4.98 Å². The van der Waals surface area contributed by atoms with E-state index in [0.717, 1.165) is 45.1 Å². The molecule has 2 unspecified atom stereocenters. The standard InChI is InChI=1S/C22H28FN5O3/c1-14(20(29)26-22(30)24-18-9-2-3-10-18)28-11-5-7-16(13-28)21-25-19(27-31-21)15-6-4-8-17(23)12-15/h4,6,8,12,14,16,18H,2-3,5,7,9-11,13H2,1H3,(H2,24,26,29,30). The Bertz CT molecular complexity index is 927. The Labute approximate surface area is 180 Å². The first-order valence-corrected chi connectivity index (χ1v) is 10.9. The van der Waals surface area contributed by atoms with Gasteiger partial charge in [-0.25, -0.2) is 9.18 Å². The van der Waals surface area contributed by atoms with Crippen LogP contribution in [0.1, 0.15) is 57.3 Å². The molecule has 9 heteroatoms. The quantitative estimate of drug-likeness (QED) is 0.757. The number of halogens is 1. The molecule has 4 rings (SSSR count). The first kappa shape index (κ1) is 21.4. The van der Waals surface area contributed by atoms with Crippen LogP contribution in [0.2, 0.25) is 0 Å². The summed E-state index contributed by atoms with van der Waals surface area (Å²) in [6.45, 7) is 3.12. The van der Waals surface area contributed by atoms with Crippen LogP contribution >= 0.6 is 0 Å². The third-order valence-electron chi connectivity index (χ3n) is 6.18. The van der Waals surface area contributed by atoms with Crippen molar-refractivity contribution in [2.75, 3.05) is 13.1 Å². The van der Waals surface area contributed by atoms with E-state index in [1.165, 1.54) is 12.1 Å². The summed E-state index contributed by atoms with van der Waals surface area (Å²) in [5, 5.41) is 9.34. The molecule has 8 nitrogen and oxygen atoms in total. The third-order valence-corrected chi connectivity index (χ3v) is 6.18. The molecule has 2 aromatic rings. The molecule has 1 aromatic heterocycles. The number of imide groups is 1. The van der Waals surface area contributed by atoms with E-state index in [9.17, 15) is 14.0 Å². The second kappa shape index (κ2) is 9.55. The lowest BCUT2D eigenvalue weighted by atomic mass is 9.96. The van der Waals surface area contributed by atoms with Crippen molar-refractivity contribution < 1.29 is 18.5 Å². The Hall–Kier alpha value is -2.81. The van der Waals surface area contributed by atoms with Gasteiger partial charge in [0, 0.05) is 18.2 Å². The number of hydrogen-bond donors (Lipinski definition) is 2. The van der Waals surface area contributed by atoms with Gasteiger partial charge in [-0.05, 0) is 51.3 Å². The normalized spacial score (nSPS) is 21.0. The average Bonchev–Trinajstić information content (AvgIpc) is 3.45. The largest absolute Gasteiger partial charge is 0.339 e. The third kappa shape index (κ3) is 5.28. The molecule has 1 aromatic carbocycles. The molecule has 0 radical (unpaired) electrons. The summed E-state index contributed by atoms with van der Waals surface area (Å²) in [4.78, 5) is 31.2. The van der Waals surface area contributed by atoms with Crippen molar-refractivity contribution in [3.8, 4) is 11.4 Å². The fraction of sp³-hybridized carbons (Fsp3) is 0.545. The first-order chi connectivity index (χ1) is 15.0. The van der Waals surface area contributed by atoms with Crippen LogP contribution in [0.5, 0.6) is 0 Å². The van der Waals surface area contributed by atoms with Gasteiger partial charge in [0.05, 0.1) is 12.0 Å². The van der Waals surface area contributed by atoms with Crippen molar-refractivity contribution in [3.05, 3.63) is 36.0 Å². The van der Waals surface area contributed by atoms with Crippen LogP contribution in [0, 0.1) is 5.82 Å². The van der Waals surface area contributed by atoms with Gasteiger partial charge in [0.2, 0.25) is 17.6 Å². The average molecular weight is 429 g/mol. The van der Waals surface area contributed by atoms with Crippen LogP contribution in [-0.2, 0) is 4.79 Å². The van der Waals surface area contributed by atoms with Gasteiger partial charge in [-0.1, -0.05) is 30.1 Å². The number of nitrogens with zero attached hydrogens (tertiary/aromatic N) is 3. The van der Waals surface area contributed by atoms with Crippen LogP contribution in [0.15, 0.2) is 28.8 Å². The van der Waals surface area contributed by atoms with Crippen molar-refractivity contribution >= 4 is 11.9 Å². The van der Waals surface area contributed by atoms with Gasteiger partial charge in [-0.3, -0.25) is 15.0 Å². The monoisotopic (exact) mass is 429 g/mol. The lowest BCUT2D eigenvalue weighted by molar-refractivity contribution is -0.125. The number of urea groups is 1. The van der Waals surface area contributed by atoms with Crippen molar-refractivity contribution in [1.29, 1.82) is 0 Å². The number of nitrogens with one attached hydrogen (secondary N) is 2. The summed E-state index contributed by atoms with van der Waals surface area (Å²) in [5.74, 6) is 0.134. The summed E-state index contributed by atoms with van der Waals surface area (Å²) < 4.78 is 18.9. The molecular weight excluding hydrogens is 401 g/mol. The Morgan fingerprint density at radius 2 is 2.03 bits per heavy atom. The minimum absolute atomic E-state index is 0.0221. The van der Waals surface area contributed by atoms with Gasteiger partial charge in [-0.15, -0.1) is 0 Å². The predicted octanol–water partition coefficient (Wildman–Crippen LogP) is 3.21. The van der Waals surface area contributed by atoms with E-state index in [1.54, 1.807) is 19.1 Å². The maximum absolute atomic E-state index is 13.5. The number of rotatable bonds is 5. The zero-order valence-corrected chi connectivity index (χ0v) is 17.6. The highest BCUT2D eigenvalue weighted by Crippen LogP contribution is 2.28. The molecule has 2 N–H and O–H groups in total. The predicted molar refractivity (Wildman–Crippen MR) is 112 cm³/mol. The Kier molecular flexibility index (Phi) is 6.60. The summed E-state index contributed by atoms with van der Waals surface area (Å²) in [6, 6.07) is 5.35. The van der Waals surface area contributed by atoms with Crippen LogP contribution in [0.4, 0.5) is 9.18 Å². The maximum Gasteiger partial charge on any atom is 0.321 e. The number of carbonyl (C=O) groups excluding carboxylic acids is 2. The zero-order chi connectivity index (χ0) is 21.8. The summed E-state index contributed by atoms with van der Waals surface area (Å²) >= 11 is 0. The Balaban J connectivity index is 1.34. The summed E-state index contributed by atoms with van der Waals surface area (Å²) in [7, 11) is 0. The van der Waals surface area contributed by atoms with E-state index >= 15 is 0 Å². The number of aromatic nitrogens is 2. The van der Waals surface area contributed by atoms with Crippen molar-refractivity contribution in [2.45, 2.75) is 63.5 Å². The van der Waals surface area contributed by atoms with E-state index in [-0.39, 0.29) is 23.7 Å². The van der Waals surface area contributed by atoms with Crippen LogP contribution in [0.25, 0.3) is 11.4 Å². The molecule has 1 saturated heterocycles. The smallest absolute Gasteiger partial charge is 0.321 e. The van der Waals surface area contributed by atoms with E-state index in [2.05, 4.69) is 20.8 Å². The lowest BCUT2D eigenvalue weighted by Crippen LogP contribution is -2.52. The van der Waals surface area contributed by atoms with E-state index < -0.39 is 12.1 Å². The molecule has 166 valence electrons. The first-order valence-electron chi connectivity index (χ1n) is 10.9. The second-order valence-corrected chi connectivity index (χ2v) is 8.42. The number of piperidine rings is 1. The van der Waals surface area contributed by atoms with Gasteiger partial charge >= 0.3 is 6.03 Å². The van der Waals surface area contributed by atoms with Crippen LogP contribution in [0.3, 0.4) is 0 Å². The molecule has 2 atom stereocenters. The summed E-state index contributed by atoms with van der Waals surface area (Å²) in [6.07, 6.45) is 5.88. The van der Waals surface area contributed by atoms with Crippen LogP contribution in [-0.4, -0.2) is 52.2 Å². The molecule has 2 aliphatic rings. The zero-order valence-electron chi connectivity index (χ0n) is 17.6. The molecule has 3 amide bonds. The maximum atomic E-state index is 13.5. The molecule has 1 aliphatic carbocycles. The topological polar surface area (TPSA) is 100 Å². The molecule has 2 heterocycles. The fourth-order valence-corrected chi connectivity index (χ4v) is 4.38. The highest BCUT2D eigenvalue weighted by atomic mass is 19.1. The summed E-state index contributed by atoms with van der Waals surface area (Å²) in [5.41, 5.74) is 0.559. The van der Waals surface area contributed by atoms with E-state index in [4.69, 9.17) is 4.52 Å². The highest BCUT2D eigenvalue weighted by molar-refractivity contribution is 5.96. The van der Waals surface area contributed by atoms with Crippen molar-refractivity contribution in [2.24, 2.45) is 0 Å². The lowest BCUT2D eigenvalue weighted by Gasteiger charge is -2.34. The number of carbonyl (C=O) groups is 2. The van der Waals surface area contributed by atoms with Crippen molar-refractivity contribution in [1.82, 2.24) is 25.7 Å². The number of amides is 3. The second-order valence-electron chi connectivity index (χ2n) is 8.42. The van der Waals surface area contributed by atoms with Gasteiger partial charge in [0.1, 0.15) is 5.82 Å². The molecule has 0 bridgehead atoms. The molecule has 2 fully saturated rings. The molecular formula is C22H28FN5O3. The Morgan fingerprint density at radius 3 is 2.81 bits per heavy atom. The number of hydrogen-bond acceptors (Lipinski definition) is 6. The van der Waals surface area contributed by atoms with Gasteiger partial charge < -0.3 is 9.84 Å². The van der Waals surface area contributed by atoms with Crippen molar-refractivity contribution in [3.63, 3.8) is 0 Å². The SMILES string of the molecule is CC(C(=O)NC(=O)NC1CCCC1)N1CCCC(c2nc(-c3cccc(F)c3)no2)C1. The van der Waals surface area contributed by atoms with Gasteiger partial charge in [0.25, 0.3) is 0 Å². The molecule has 31 heavy (non-hydrogen) atoms. The molecule has 1 saturated carbocycles. The van der Waals surface area contributed by atoms with E-state index in [1.807, 2.05) is 4.90 Å². The van der Waals surface area contributed by atoms with Gasteiger partial charge in [0.15, 0.2) is 0 Å². The minimum Gasteiger partial charge on any atom is -0.339 e. The van der Waals surface area contributed by atoms with Crippen LogP contribution < -0.4 is 10.6 Å². The minimum atomic E-state index is -0.456.